The average Bonchev–Trinajstić information content (AvgIpc) is 2.35. The maximum Gasteiger partial charge on any atom is 0.164 e. The second kappa shape index (κ2) is 8.03. The Balaban J connectivity index is 2.54. The van der Waals surface area contributed by atoms with E-state index in [-0.39, 0.29) is 21.6 Å². The number of phenols is 1. The van der Waals surface area contributed by atoms with Gasteiger partial charge in [-0.15, -0.1) is 0 Å². The summed E-state index contributed by atoms with van der Waals surface area (Å²) in [6.07, 6.45) is 4.58. The summed E-state index contributed by atoms with van der Waals surface area (Å²) in [7, 11) is 0. The fourth-order valence-corrected chi connectivity index (χ4v) is 2.45. The molecule has 100 valence electrons. The summed E-state index contributed by atoms with van der Waals surface area (Å²) >= 11 is 15.1. The number of ketones is 1. The molecule has 0 heterocycles. The Morgan fingerprint density at radius 2 is 1.78 bits per heavy atom. The van der Waals surface area contributed by atoms with Crippen molar-refractivity contribution in [2.24, 2.45) is 0 Å². The topological polar surface area (TPSA) is 37.3 Å². The molecular formula is C13H15BrCl2O2. The van der Waals surface area contributed by atoms with Crippen LogP contribution in [0.5, 0.6) is 5.75 Å². The summed E-state index contributed by atoms with van der Waals surface area (Å²) in [5, 5.41) is 10.5. The standard InChI is InChI=1S/C13H15BrCl2O2/c14-8-4-2-1-3-5-10(17)9-6-7-11(18)13(16)12(9)15/h6-7,18H,1-5,8H2. The minimum Gasteiger partial charge on any atom is -0.506 e. The summed E-state index contributed by atoms with van der Waals surface area (Å²) in [6, 6.07) is 2.91. The van der Waals surface area contributed by atoms with Crippen LogP contribution in [-0.2, 0) is 0 Å². The molecule has 0 radical (unpaired) electrons. The van der Waals surface area contributed by atoms with Crippen LogP contribution in [0.4, 0.5) is 0 Å². The number of carbonyl (C=O) groups excluding carboxylic acids is 1. The van der Waals surface area contributed by atoms with E-state index in [0.29, 0.717) is 12.0 Å². The molecular weight excluding hydrogens is 339 g/mol. The lowest BCUT2D eigenvalue weighted by Crippen LogP contribution is -2.00. The molecule has 0 bridgehead atoms. The van der Waals surface area contributed by atoms with Gasteiger partial charge in [0.1, 0.15) is 10.8 Å². The number of phenolic OH excluding ortho intramolecular Hbond substituents is 1. The molecule has 0 amide bonds. The third-order valence-electron chi connectivity index (χ3n) is 2.65. The van der Waals surface area contributed by atoms with Gasteiger partial charge in [0.15, 0.2) is 5.78 Å². The van der Waals surface area contributed by atoms with Crippen LogP contribution in [0, 0.1) is 0 Å². The van der Waals surface area contributed by atoms with Crippen molar-refractivity contribution in [2.75, 3.05) is 5.33 Å². The zero-order valence-electron chi connectivity index (χ0n) is 9.89. The van der Waals surface area contributed by atoms with E-state index in [1.807, 2.05) is 0 Å². The van der Waals surface area contributed by atoms with Gasteiger partial charge in [-0.3, -0.25) is 4.79 Å². The van der Waals surface area contributed by atoms with Gasteiger partial charge in [0, 0.05) is 17.3 Å². The first-order valence-electron chi connectivity index (χ1n) is 5.84. The highest BCUT2D eigenvalue weighted by atomic mass is 79.9. The molecule has 0 unspecified atom stereocenters. The van der Waals surface area contributed by atoms with Crippen LogP contribution in [-0.4, -0.2) is 16.2 Å². The summed E-state index contributed by atoms with van der Waals surface area (Å²) < 4.78 is 0. The van der Waals surface area contributed by atoms with Crippen molar-refractivity contribution >= 4 is 44.9 Å². The van der Waals surface area contributed by atoms with E-state index in [1.165, 1.54) is 12.1 Å². The number of aromatic hydroxyl groups is 1. The second-order valence-electron chi connectivity index (χ2n) is 4.04. The van der Waals surface area contributed by atoms with Crippen LogP contribution in [0.1, 0.15) is 42.5 Å². The summed E-state index contributed by atoms with van der Waals surface area (Å²) in [5.74, 6) is -0.128. The lowest BCUT2D eigenvalue weighted by atomic mass is 10.0. The third-order valence-corrected chi connectivity index (χ3v) is 4.08. The van der Waals surface area contributed by atoms with Crippen molar-refractivity contribution in [1.82, 2.24) is 0 Å². The maximum absolute atomic E-state index is 11.9. The number of Topliss-reactive ketones (excluding diaryl/α,β-unsaturated/α-hetero) is 1. The SMILES string of the molecule is O=C(CCCCCCBr)c1ccc(O)c(Cl)c1Cl. The number of alkyl halides is 1. The number of hydrogen-bond acceptors (Lipinski definition) is 2. The maximum atomic E-state index is 11.9. The molecule has 0 aromatic heterocycles. The number of hydrogen-bond donors (Lipinski definition) is 1. The smallest absolute Gasteiger partial charge is 0.164 e. The number of halogens is 3. The van der Waals surface area contributed by atoms with Gasteiger partial charge >= 0.3 is 0 Å². The molecule has 0 aliphatic carbocycles. The Hall–Kier alpha value is -0.250. The molecule has 0 saturated carbocycles. The van der Waals surface area contributed by atoms with E-state index in [0.717, 1.165) is 31.0 Å². The van der Waals surface area contributed by atoms with Crippen LogP contribution in [0.2, 0.25) is 10.0 Å². The fraction of sp³-hybridized carbons (Fsp3) is 0.462. The van der Waals surface area contributed by atoms with Gasteiger partial charge in [-0.05, 0) is 25.0 Å². The van der Waals surface area contributed by atoms with Gasteiger partial charge in [-0.1, -0.05) is 52.0 Å². The molecule has 0 spiro atoms. The highest BCUT2D eigenvalue weighted by Crippen LogP contribution is 2.34. The van der Waals surface area contributed by atoms with Crippen LogP contribution in [0.25, 0.3) is 0 Å². The normalized spacial score (nSPS) is 10.6. The largest absolute Gasteiger partial charge is 0.506 e. The van der Waals surface area contributed by atoms with Gasteiger partial charge in [-0.25, -0.2) is 0 Å². The van der Waals surface area contributed by atoms with Gasteiger partial charge in [0.05, 0.1) is 5.02 Å². The first-order chi connectivity index (χ1) is 8.57. The average molecular weight is 354 g/mol. The molecule has 2 nitrogen and oxygen atoms in total. The highest BCUT2D eigenvalue weighted by Gasteiger charge is 2.14. The molecule has 1 aromatic rings. The quantitative estimate of drug-likeness (QED) is 0.414. The fourth-order valence-electron chi connectivity index (χ4n) is 1.62. The van der Waals surface area contributed by atoms with Crippen molar-refractivity contribution in [3.05, 3.63) is 27.7 Å². The Bertz CT molecular complexity index is 422. The molecule has 1 rings (SSSR count). The Morgan fingerprint density at radius 3 is 2.44 bits per heavy atom. The molecule has 0 saturated heterocycles. The molecule has 0 atom stereocenters. The Morgan fingerprint density at radius 1 is 1.11 bits per heavy atom. The first-order valence-corrected chi connectivity index (χ1v) is 7.71. The monoisotopic (exact) mass is 352 g/mol. The minimum absolute atomic E-state index is 0.0271. The van der Waals surface area contributed by atoms with Gasteiger partial charge in [-0.2, -0.15) is 0 Å². The summed E-state index contributed by atoms with van der Waals surface area (Å²) in [5.41, 5.74) is 0.389. The minimum atomic E-state index is -0.101. The highest BCUT2D eigenvalue weighted by molar-refractivity contribution is 9.09. The zero-order chi connectivity index (χ0) is 13.5. The number of carbonyl (C=O) groups is 1. The number of rotatable bonds is 7. The van der Waals surface area contributed by atoms with Crippen LogP contribution < -0.4 is 0 Å². The van der Waals surface area contributed by atoms with Crippen molar-refractivity contribution in [2.45, 2.75) is 32.1 Å². The lowest BCUT2D eigenvalue weighted by Gasteiger charge is -2.06. The van der Waals surface area contributed by atoms with E-state index in [2.05, 4.69) is 15.9 Å². The van der Waals surface area contributed by atoms with Gasteiger partial charge in [0.2, 0.25) is 0 Å². The lowest BCUT2D eigenvalue weighted by molar-refractivity contribution is 0.0979. The van der Waals surface area contributed by atoms with Crippen molar-refractivity contribution in [3.63, 3.8) is 0 Å². The third kappa shape index (κ3) is 4.45. The molecule has 18 heavy (non-hydrogen) atoms. The molecule has 0 fully saturated rings. The molecule has 0 aliphatic heterocycles. The van der Waals surface area contributed by atoms with Crippen LogP contribution in [0.15, 0.2) is 12.1 Å². The Kier molecular flexibility index (Phi) is 7.05. The predicted octanol–water partition coefficient (Wildman–Crippen LogP) is 5.23. The molecule has 0 aliphatic rings. The van der Waals surface area contributed by atoms with E-state index in [4.69, 9.17) is 23.2 Å². The Labute approximate surface area is 125 Å². The van der Waals surface area contributed by atoms with Crippen molar-refractivity contribution < 1.29 is 9.90 Å². The predicted molar refractivity (Wildman–Crippen MR) is 79.3 cm³/mol. The number of benzene rings is 1. The molecule has 5 heteroatoms. The first kappa shape index (κ1) is 15.8. The molecule has 1 N–H and O–H groups in total. The van der Waals surface area contributed by atoms with E-state index < -0.39 is 0 Å². The van der Waals surface area contributed by atoms with Crippen molar-refractivity contribution in [3.8, 4) is 5.75 Å². The van der Waals surface area contributed by atoms with Crippen molar-refractivity contribution in [1.29, 1.82) is 0 Å². The van der Waals surface area contributed by atoms with E-state index >= 15 is 0 Å². The number of unbranched alkanes of at least 4 members (excludes halogenated alkanes) is 3. The van der Waals surface area contributed by atoms with Crippen LogP contribution in [0.3, 0.4) is 0 Å². The zero-order valence-corrected chi connectivity index (χ0v) is 13.0. The van der Waals surface area contributed by atoms with E-state index in [9.17, 15) is 9.90 Å². The van der Waals surface area contributed by atoms with E-state index in [1.54, 1.807) is 0 Å². The molecule has 1 aromatic carbocycles. The summed E-state index contributed by atoms with van der Waals surface area (Å²) in [4.78, 5) is 11.9. The second-order valence-corrected chi connectivity index (χ2v) is 5.59. The van der Waals surface area contributed by atoms with Gasteiger partial charge in [0.25, 0.3) is 0 Å². The van der Waals surface area contributed by atoms with Crippen LogP contribution >= 0.6 is 39.1 Å². The summed E-state index contributed by atoms with van der Waals surface area (Å²) in [6.45, 7) is 0. The van der Waals surface area contributed by atoms with Gasteiger partial charge < -0.3 is 5.11 Å².